The molecule has 0 unspecified atom stereocenters. The van der Waals surface area contributed by atoms with Gasteiger partial charge in [-0.15, -0.1) is 0 Å². The van der Waals surface area contributed by atoms with Gasteiger partial charge in [-0.3, -0.25) is 24.9 Å². The van der Waals surface area contributed by atoms with Gasteiger partial charge in [0.05, 0.1) is 4.92 Å². The normalized spacial score (nSPS) is 13.7. The lowest BCUT2D eigenvalue weighted by atomic mass is 10.2. The monoisotopic (exact) mass is 300 g/mol. The summed E-state index contributed by atoms with van der Waals surface area (Å²) < 4.78 is 12.7. The number of hydrogen-bond donors (Lipinski definition) is 2. The Morgan fingerprint density at radius 2 is 1.81 bits per heavy atom. The molecule has 0 aromatic heterocycles. The third-order valence-electron chi connectivity index (χ3n) is 2.42. The summed E-state index contributed by atoms with van der Waals surface area (Å²) in [5.41, 5.74) is -1.15. The summed E-state index contributed by atoms with van der Waals surface area (Å²) in [5.74, 6) is -3.52. The molecule has 2 amide bonds. The molecule has 2 rings (SSSR count). The van der Waals surface area contributed by atoms with Crippen LogP contribution in [0, 0.1) is 15.9 Å². The summed E-state index contributed by atoms with van der Waals surface area (Å²) in [5, 5.41) is 27.2. The molecular weight excluding hydrogens is 291 g/mol. The van der Waals surface area contributed by atoms with E-state index in [1.807, 2.05) is 0 Å². The molecule has 1 saturated heterocycles. The third-order valence-corrected chi connectivity index (χ3v) is 2.42. The van der Waals surface area contributed by atoms with Gasteiger partial charge in [-0.25, -0.2) is 9.18 Å². The minimum Gasteiger partial charge on any atom is -0.478 e. The number of carbonyl (C=O) groups excluding carboxylic acids is 2. The molecule has 1 aromatic rings. The number of carbonyl (C=O) groups is 3. The van der Waals surface area contributed by atoms with Gasteiger partial charge >= 0.3 is 5.97 Å². The van der Waals surface area contributed by atoms with Gasteiger partial charge in [0, 0.05) is 25.0 Å². The minimum atomic E-state index is -1.53. The first-order chi connectivity index (χ1) is 9.73. The topological polar surface area (TPSA) is 138 Å². The van der Waals surface area contributed by atoms with Crippen molar-refractivity contribution >= 4 is 23.5 Å². The van der Waals surface area contributed by atoms with E-state index in [1.54, 1.807) is 0 Å². The van der Waals surface area contributed by atoms with E-state index in [0.29, 0.717) is 6.07 Å². The lowest BCUT2D eigenvalue weighted by molar-refractivity contribution is -0.384. The fourth-order valence-corrected chi connectivity index (χ4v) is 1.36. The van der Waals surface area contributed by atoms with E-state index in [0.717, 1.165) is 12.1 Å². The molecule has 112 valence electrons. The first-order valence-corrected chi connectivity index (χ1v) is 5.46. The molecule has 0 spiro atoms. The molecule has 0 saturated carbocycles. The Hall–Kier alpha value is -2.88. The van der Waals surface area contributed by atoms with Crippen LogP contribution in [0.15, 0.2) is 18.2 Å². The number of nitro groups is 1. The molecule has 0 atom stereocenters. The second-order valence-corrected chi connectivity index (χ2v) is 3.83. The predicted octanol–water partition coefficient (Wildman–Crippen LogP) is 0.957. The Morgan fingerprint density at radius 3 is 2.14 bits per heavy atom. The molecule has 10 heteroatoms. The van der Waals surface area contributed by atoms with Gasteiger partial charge in [-0.2, -0.15) is 5.06 Å². The molecule has 9 nitrogen and oxygen atoms in total. The fraction of sp³-hybridized carbons (Fsp3) is 0.182. The summed E-state index contributed by atoms with van der Waals surface area (Å²) in [6, 6.07) is 2.33. The number of hydrogen-bond acceptors (Lipinski definition) is 6. The average Bonchev–Trinajstić information content (AvgIpc) is 2.70. The lowest BCUT2D eigenvalue weighted by Gasteiger charge is -1.98. The highest BCUT2D eigenvalue weighted by Crippen LogP contribution is 2.16. The molecule has 0 aliphatic carbocycles. The first kappa shape index (κ1) is 16.2. The Kier molecular flexibility index (Phi) is 5.02. The Balaban J connectivity index is 0.000000235. The average molecular weight is 300 g/mol. The van der Waals surface area contributed by atoms with E-state index >= 15 is 0 Å². The molecule has 0 radical (unpaired) electrons. The maximum atomic E-state index is 12.7. The smallest absolute Gasteiger partial charge is 0.338 e. The number of amides is 2. The van der Waals surface area contributed by atoms with Crippen LogP contribution in [0.5, 0.6) is 0 Å². The molecule has 1 aliphatic heterocycles. The number of nitrogens with zero attached hydrogens (tertiary/aromatic N) is 2. The van der Waals surface area contributed by atoms with Crippen molar-refractivity contribution in [3.63, 3.8) is 0 Å². The van der Waals surface area contributed by atoms with E-state index in [9.17, 15) is 28.9 Å². The van der Waals surface area contributed by atoms with Crippen LogP contribution in [-0.4, -0.2) is 38.1 Å². The Bertz CT molecular complexity index is 601. The van der Waals surface area contributed by atoms with Crippen LogP contribution in [0.4, 0.5) is 10.1 Å². The molecule has 21 heavy (non-hydrogen) atoms. The van der Waals surface area contributed by atoms with Gasteiger partial charge in [0.1, 0.15) is 11.4 Å². The molecule has 1 aromatic carbocycles. The Labute approximate surface area is 116 Å². The second kappa shape index (κ2) is 6.52. The van der Waals surface area contributed by atoms with Gasteiger partial charge < -0.3 is 5.11 Å². The van der Waals surface area contributed by atoms with Crippen molar-refractivity contribution in [2.75, 3.05) is 0 Å². The van der Waals surface area contributed by atoms with Crippen molar-refractivity contribution in [1.82, 2.24) is 5.06 Å². The van der Waals surface area contributed by atoms with Gasteiger partial charge in [-0.1, -0.05) is 0 Å². The lowest BCUT2D eigenvalue weighted by Crippen LogP contribution is -2.24. The SMILES string of the molecule is O=C(O)c1cc([N+](=O)[O-])ccc1F.O=C1CCC(=O)N1O. The summed E-state index contributed by atoms with van der Waals surface area (Å²) in [6.45, 7) is 0. The zero-order chi connectivity index (χ0) is 16.2. The number of imide groups is 1. The first-order valence-electron chi connectivity index (χ1n) is 5.46. The zero-order valence-corrected chi connectivity index (χ0v) is 10.4. The number of hydroxylamine groups is 2. The molecule has 2 N–H and O–H groups in total. The fourth-order valence-electron chi connectivity index (χ4n) is 1.36. The van der Waals surface area contributed by atoms with Gasteiger partial charge in [0.25, 0.3) is 17.5 Å². The molecule has 1 heterocycles. The highest BCUT2D eigenvalue weighted by atomic mass is 19.1. The van der Waals surface area contributed by atoms with Crippen LogP contribution < -0.4 is 0 Å². The van der Waals surface area contributed by atoms with Gasteiger partial charge in [-0.05, 0) is 6.07 Å². The standard InChI is InChI=1S/C7H4FNO4.C4H5NO3/c8-6-2-1-4(9(12)13)3-5(6)7(10)11;6-3-1-2-4(7)5(3)8/h1-3H,(H,10,11);8H,1-2H2. The second-order valence-electron chi connectivity index (χ2n) is 3.83. The highest BCUT2D eigenvalue weighted by Gasteiger charge is 2.26. The number of halogens is 1. The van der Waals surface area contributed by atoms with E-state index in [-0.39, 0.29) is 17.9 Å². The van der Waals surface area contributed by atoms with Crippen LogP contribution in [0.1, 0.15) is 23.2 Å². The number of non-ortho nitro benzene ring substituents is 1. The summed E-state index contributed by atoms with van der Waals surface area (Å²) in [7, 11) is 0. The minimum absolute atomic E-state index is 0.148. The van der Waals surface area contributed by atoms with Crippen LogP contribution >= 0.6 is 0 Å². The van der Waals surface area contributed by atoms with E-state index in [1.165, 1.54) is 0 Å². The molecule has 1 fully saturated rings. The van der Waals surface area contributed by atoms with Crippen LogP contribution in [0.25, 0.3) is 0 Å². The number of carboxylic acid groups (broad SMARTS) is 1. The summed E-state index contributed by atoms with van der Waals surface area (Å²) in [6.07, 6.45) is 0.296. The van der Waals surface area contributed by atoms with Crippen LogP contribution in [0.3, 0.4) is 0 Å². The quantitative estimate of drug-likeness (QED) is 0.359. The van der Waals surface area contributed by atoms with Crippen molar-refractivity contribution in [3.05, 3.63) is 39.7 Å². The molecular formula is C11H9FN2O7. The predicted molar refractivity (Wildman–Crippen MR) is 62.9 cm³/mol. The van der Waals surface area contributed by atoms with Crippen molar-refractivity contribution in [2.24, 2.45) is 0 Å². The maximum Gasteiger partial charge on any atom is 0.338 e. The van der Waals surface area contributed by atoms with E-state index < -0.39 is 39.8 Å². The van der Waals surface area contributed by atoms with Crippen LogP contribution in [0.2, 0.25) is 0 Å². The number of aromatic carboxylic acids is 1. The van der Waals surface area contributed by atoms with E-state index in [4.69, 9.17) is 10.3 Å². The number of carboxylic acids is 1. The van der Waals surface area contributed by atoms with Crippen molar-refractivity contribution in [2.45, 2.75) is 12.8 Å². The van der Waals surface area contributed by atoms with Gasteiger partial charge in [0.15, 0.2) is 0 Å². The van der Waals surface area contributed by atoms with Gasteiger partial charge in [0.2, 0.25) is 0 Å². The van der Waals surface area contributed by atoms with E-state index in [2.05, 4.69) is 0 Å². The Morgan fingerprint density at radius 1 is 1.29 bits per heavy atom. The maximum absolute atomic E-state index is 12.7. The largest absolute Gasteiger partial charge is 0.478 e. The van der Waals surface area contributed by atoms with Crippen molar-refractivity contribution < 1.29 is 34.0 Å². The number of benzene rings is 1. The molecule has 0 bridgehead atoms. The van der Waals surface area contributed by atoms with Crippen molar-refractivity contribution in [1.29, 1.82) is 0 Å². The zero-order valence-electron chi connectivity index (χ0n) is 10.4. The summed E-state index contributed by atoms with van der Waals surface area (Å²) >= 11 is 0. The third kappa shape index (κ3) is 4.04. The van der Waals surface area contributed by atoms with Crippen LogP contribution in [-0.2, 0) is 9.59 Å². The summed E-state index contributed by atoms with van der Waals surface area (Å²) in [4.78, 5) is 40.2. The highest BCUT2D eigenvalue weighted by molar-refractivity contribution is 6.00. The number of nitro benzene ring substituents is 1. The number of rotatable bonds is 2. The van der Waals surface area contributed by atoms with Crippen molar-refractivity contribution in [3.8, 4) is 0 Å². The molecule has 1 aliphatic rings.